The lowest BCUT2D eigenvalue weighted by atomic mass is 10.0. The van der Waals surface area contributed by atoms with Gasteiger partial charge in [0.05, 0.1) is 21.7 Å². The number of carbonyl (C=O) groups excluding carboxylic acids is 2. The molecule has 0 aliphatic carbocycles. The molecule has 7 heteroatoms. The molecule has 2 rings (SSSR count). The molecule has 0 spiro atoms. The quantitative estimate of drug-likeness (QED) is 0.850. The molecule has 1 aliphatic rings. The van der Waals surface area contributed by atoms with Crippen LogP contribution in [0.15, 0.2) is 18.2 Å². The van der Waals surface area contributed by atoms with Gasteiger partial charge in [-0.15, -0.1) is 0 Å². The molecule has 0 bridgehead atoms. The van der Waals surface area contributed by atoms with E-state index in [2.05, 4.69) is 5.32 Å². The van der Waals surface area contributed by atoms with Crippen LogP contribution in [0.25, 0.3) is 0 Å². The summed E-state index contributed by atoms with van der Waals surface area (Å²) in [6.07, 6.45) is 0.325. The highest BCUT2D eigenvalue weighted by Gasteiger charge is 2.27. The van der Waals surface area contributed by atoms with Crippen LogP contribution in [0.2, 0.25) is 10.0 Å². The van der Waals surface area contributed by atoms with Crippen LogP contribution in [0.1, 0.15) is 19.8 Å². The Labute approximate surface area is 138 Å². The Balaban J connectivity index is 1.91. The van der Waals surface area contributed by atoms with Crippen LogP contribution in [0, 0.1) is 5.92 Å². The maximum atomic E-state index is 12.1. The molecule has 120 valence electrons. The second-order valence-corrected chi connectivity index (χ2v) is 5.84. The van der Waals surface area contributed by atoms with Gasteiger partial charge < -0.3 is 14.8 Å². The van der Waals surface area contributed by atoms with Crippen molar-refractivity contribution < 1.29 is 19.1 Å². The highest BCUT2D eigenvalue weighted by molar-refractivity contribution is 6.44. The first-order valence-corrected chi connectivity index (χ1v) is 7.77. The molecule has 1 heterocycles. The highest BCUT2D eigenvalue weighted by Crippen LogP contribution is 2.29. The SMILES string of the molecule is CC(OC(=O)C1CCOCC1)C(=O)Nc1cccc(Cl)c1Cl. The molecule has 1 amide bonds. The third-order valence-corrected chi connectivity index (χ3v) is 4.25. The van der Waals surface area contributed by atoms with Gasteiger partial charge in [-0.1, -0.05) is 29.3 Å². The number of hydrogen-bond donors (Lipinski definition) is 1. The van der Waals surface area contributed by atoms with Gasteiger partial charge in [-0.25, -0.2) is 0 Å². The summed E-state index contributed by atoms with van der Waals surface area (Å²) in [6.45, 7) is 2.60. The van der Waals surface area contributed by atoms with E-state index in [0.717, 1.165) is 0 Å². The van der Waals surface area contributed by atoms with E-state index in [1.807, 2.05) is 0 Å². The van der Waals surface area contributed by atoms with Crippen LogP contribution in [0.3, 0.4) is 0 Å². The molecular formula is C15H17Cl2NO4. The standard InChI is InChI=1S/C15H17Cl2NO4/c1-9(22-15(20)10-5-7-21-8-6-10)14(19)18-12-4-2-3-11(16)13(12)17/h2-4,9-10H,5-8H2,1H3,(H,18,19). The van der Waals surface area contributed by atoms with E-state index in [-0.39, 0.29) is 16.9 Å². The second-order valence-electron chi connectivity index (χ2n) is 5.06. The normalized spacial score (nSPS) is 16.9. The average molecular weight is 346 g/mol. The Bertz CT molecular complexity index is 558. The van der Waals surface area contributed by atoms with Crippen LogP contribution in [-0.2, 0) is 19.1 Å². The molecule has 1 saturated heterocycles. The molecule has 1 aliphatic heterocycles. The zero-order valence-electron chi connectivity index (χ0n) is 12.1. The highest BCUT2D eigenvalue weighted by atomic mass is 35.5. The van der Waals surface area contributed by atoms with Crippen molar-refractivity contribution in [2.75, 3.05) is 18.5 Å². The van der Waals surface area contributed by atoms with Crippen molar-refractivity contribution in [1.29, 1.82) is 0 Å². The zero-order chi connectivity index (χ0) is 16.1. The molecule has 1 fully saturated rings. The number of ether oxygens (including phenoxy) is 2. The van der Waals surface area contributed by atoms with Crippen molar-refractivity contribution in [3.8, 4) is 0 Å². The third-order valence-electron chi connectivity index (χ3n) is 3.43. The number of nitrogens with one attached hydrogen (secondary N) is 1. The summed E-state index contributed by atoms with van der Waals surface area (Å²) in [5, 5.41) is 3.19. The second kappa shape index (κ2) is 7.81. The maximum absolute atomic E-state index is 12.1. The lowest BCUT2D eigenvalue weighted by Gasteiger charge is -2.22. The summed E-state index contributed by atoms with van der Waals surface area (Å²) in [5.74, 6) is -1.04. The van der Waals surface area contributed by atoms with Gasteiger partial charge in [-0.3, -0.25) is 9.59 Å². The van der Waals surface area contributed by atoms with Crippen LogP contribution in [-0.4, -0.2) is 31.2 Å². The van der Waals surface area contributed by atoms with Crippen molar-refractivity contribution in [2.24, 2.45) is 5.92 Å². The lowest BCUT2D eigenvalue weighted by Crippen LogP contribution is -2.34. The van der Waals surface area contributed by atoms with Gasteiger partial charge in [0.2, 0.25) is 0 Å². The van der Waals surface area contributed by atoms with E-state index >= 15 is 0 Å². The molecule has 1 N–H and O–H groups in total. The van der Waals surface area contributed by atoms with E-state index in [1.54, 1.807) is 18.2 Å². The van der Waals surface area contributed by atoms with Gasteiger partial charge in [0.15, 0.2) is 6.10 Å². The van der Waals surface area contributed by atoms with E-state index < -0.39 is 12.0 Å². The minimum absolute atomic E-state index is 0.209. The van der Waals surface area contributed by atoms with Crippen LogP contribution >= 0.6 is 23.2 Å². The first kappa shape index (κ1) is 17.1. The Morgan fingerprint density at radius 3 is 2.68 bits per heavy atom. The molecule has 0 aromatic heterocycles. The number of rotatable bonds is 4. The number of hydrogen-bond acceptors (Lipinski definition) is 4. The number of halogens is 2. The molecule has 1 aromatic rings. The molecular weight excluding hydrogens is 329 g/mol. The van der Waals surface area contributed by atoms with Gasteiger partial charge in [0.1, 0.15) is 0 Å². The molecule has 5 nitrogen and oxygen atoms in total. The van der Waals surface area contributed by atoms with Crippen LogP contribution < -0.4 is 5.32 Å². The van der Waals surface area contributed by atoms with Crippen LogP contribution in [0.4, 0.5) is 5.69 Å². The summed E-state index contributed by atoms with van der Waals surface area (Å²) in [4.78, 5) is 24.1. The fourth-order valence-electron chi connectivity index (χ4n) is 2.09. The van der Waals surface area contributed by atoms with Gasteiger partial charge in [-0.05, 0) is 31.9 Å². The van der Waals surface area contributed by atoms with Gasteiger partial charge in [0, 0.05) is 13.2 Å². The third kappa shape index (κ3) is 4.35. The molecule has 0 radical (unpaired) electrons. The van der Waals surface area contributed by atoms with E-state index in [9.17, 15) is 9.59 Å². The summed E-state index contributed by atoms with van der Waals surface area (Å²) in [5.41, 5.74) is 0.383. The number of benzene rings is 1. The number of carbonyl (C=O) groups is 2. The first-order valence-electron chi connectivity index (χ1n) is 7.02. The fourth-order valence-corrected chi connectivity index (χ4v) is 2.44. The molecule has 22 heavy (non-hydrogen) atoms. The topological polar surface area (TPSA) is 64.6 Å². The molecule has 0 saturated carbocycles. The first-order chi connectivity index (χ1) is 10.5. The number of anilines is 1. The van der Waals surface area contributed by atoms with Gasteiger partial charge in [-0.2, -0.15) is 0 Å². The Morgan fingerprint density at radius 2 is 2.00 bits per heavy atom. The Kier molecular flexibility index (Phi) is 6.06. The predicted molar refractivity (Wildman–Crippen MR) is 84.2 cm³/mol. The minimum Gasteiger partial charge on any atom is -0.452 e. The Hall–Kier alpha value is -1.30. The van der Waals surface area contributed by atoms with E-state index in [4.69, 9.17) is 32.7 Å². The molecule has 1 unspecified atom stereocenters. The number of esters is 1. The summed E-state index contributed by atoms with van der Waals surface area (Å²) < 4.78 is 10.4. The fraction of sp³-hybridized carbons (Fsp3) is 0.467. The maximum Gasteiger partial charge on any atom is 0.309 e. The minimum atomic E-state index is -0.912. The molecule has 1 aromatic carbocycles. The smallest absolute Gasteiger partial charge is 0.309 e. The largest absolute Gasteiger partial charge is 0.452 e. The van der Waals surface area contributed by atoms with Crippen LogP contribution in [0.5, 0.6) is 0 Å². The van der Waals surface area contributed by atoms with E-state index in [1.165, 1.54) is 6.92 Å². The van der Waals surface area contributed by atoms with Crippen molar-refractivity contribution in [3.05, 3.63) is 28.2 Å². The predicted octanol–water partition coefficient (Wildman–Crippen LogP) is 3.29. The zero-order valence-corrected chi connectivity index (χ0v) is 13.6. The van der Waals surface area contributed by atoms with Crippen molar-refractivity contribution in [2.45, 2.75) is 25.9 Å². The monoisotopic (exact) mass is 345 g/mol. The molecule has 1 atom stereocenters. The Morgan fingerprint density at radius 1 is 1.32 bits per heavy atom. The summed E-state index contributed by atoms with van der Waals surface area (Å²) >= 11 is 11.9. The average Bonchev–Trinajstić information content (AvgIpc) is 2.52. The van der Waals surface area contributed by atoms with Gasteiger partial charge >= 0.3 is 5.97 Å². The lowest BCUT2D eigenvalue weighted by molar-refractivity contribution is -0.160. The van der Waals surface area contributed by atoms with E-state index in [0.29, 0.717) is 36.8 Å². The van der Waals surface area contributed by atoms with Crippen molar-refractivity contribution in [1.82, 2.24) is 0 Å². The number of amides is 1. The van der Waals surface area contributed by atoms with Crippen molar-refractivity contribution in [3.63, 3.8) is 0 Å². The summed E-state index contributed by atoms with van der Waals surface area (Å²) in [6, 6.07) is 4.91. The summed E-state index contributed by atoms with van der Waals surface area (Å²) in [7, 11) is 0. The van der Waals surface area contributed by atoms with Crippen molar-refractivity contribution >= 4 is 40.8 Å². The van der Waals surface area contributed by atoms with Gasteiger partial charge in [0.25, 0.3) is 5.91 Å².